The molecule has 0 unspecified atom stereocenters. The van der Waals surface area contributed by atoms with Crippen LogP contribution in [0, 0.1) is 5.82 Å². The molecule has 4 nitrogen and oxygen atoms in total. The number of carbonyl (C=O) groups is 1. The fourth-order valence-corrected chi connectivity index (χ4v) is 2.30. The van der Waals surface area contributed by atoms with Gasteiger partial charge in [0.25, 0.3) is 0 Å². The molecule has 0 aliphatic rings. The van der Waals surface area contributed by atoms with Gasteiger partial charge in [-0.1, -0.05) is 20.8 Å². The molecule has 0 aliphatic heterocycles. The van der Waals surface area contributed by atoms with Crippen LogP contribution in [0.1, 0.15) is 31.3 Å². The van der Waals surface area contributed by atoms with Gasteiger partial charge >= 0.3 is 0 Å². The molecular weight excluding hydrogens is 277 g/mol. The van der Waals surface area contributed by atoms with Crippen molar-refractivity contribution in [1.29, 1.82) is 0 Å². The zero-order valence-corrected chi connectivity index (χ0v) is 13.7. The van der Waals surface area contributed by atoms with Crippen LogP contribution in [0.3, 0.4) is 0 Å². The largest absolute Gasteiger partial charge is 0.490 e. The lowest BCUT2D eigenvalue weighted by Gasteiger charge is -2.36. The first kappa shape index (κ1) is 16.8. The number of carbonyl (C=O) groups excluding carboxylic acids is 1. The third kappa shape index (κ3) is 4.38. The summed E-state index contributed by atoms with van der Waals surface area (Å²) in [7, 11) is -1.78. The topological polar surface area (TPSA) is 48.4 Å². The Morgan fingerprint density at radius 2 is 2.00 bits per heavy atom. The number of rotatable bonds is 6. The van der Waals surface area contributed by atoms with Gasteiger partial charge in [-0.2, -0.15) is 0 Å². The Kier molecular flexibility index (Phi) is 5.41. The third-order valence-corrected chi connectivity index (χ3v) is 8.12. The molecule has 0 N–H and O–H groups in total. The fourth-order valence-electron chi connectivity index (χ4n) is 1.27. The number of aldehydes is 1. The van der Waals surface area contributed by atoms with E-state index in [1.54, 1.807) is 0 Å². The van der Waals surface area contributed by atoms with Crippen LogP contribution in [0.2, 0.25) is 18.1 Å². The maximum absolute atomic E-state index is 13.3. The molecule has 20 heavy (non-hydrogen) atoms. The molecule has 112 valence electrons. The van der Waals surface area contributed by atoms with Gasteiger partial charge in [0.2, 0.25) is 0 Å². The van der Waals surface area contributed by atoms with E-state index < -0.39 is 14.1 Å². The molecule has 0 amide bonds. The van der Waals surface area contributed by atoms with Crippen LogP contribution in [-0.2, 0) is 4.43 Å². The molecule has 1 aromatic rings. The molecule has 0 radical (unpaired) electrons. The second kappa shape index (κ2) is 6.45. The zero-order valence-electron chi connectivity index (χ0n) is 12.7. The normalized spacial score (nSPS) is 12.3. The molecule has 0 aliphatic carbocycles. The molecule has 0 aromatic carbocycles. The lowest BCUT2D eigenvalue weighted by atomic mass is 10.2. The fraction of sp³-hybridized carbons (Fsp3) is 0.571. The van der Waals surface area contributed by atoms with Gasteiger partial charge in [0.05, 0.1) is 12.8 Å². The molecule has 0 saturated heterocycles. The van der Waals surface area contributed by atoms with Gasteiger partial charge < -0.3 is 9.16 Å². The van der Waals surface area contributed by atoms with E-state index in [-0.39, 0.29) is 10.7 Å². The van der Waals surface area contributed by atoms with Gasteiger partial charge in [-0.05, 0) is 18.1 Å². The van der Waals surface area contributed by atoms with Crippen molar-refractivity contribution in [3.63, 3.8) is 0 Å². The minimum atomic E-state index is -1.78. The van der Waals surface area contributed by atoms with E-state index in [2.05, 4.69) is 38.8 Å². The Balaban J connectivity index is 2.46. The number of halogens is 1. The lowest BCUT2D eigenvalue weighted by Crippen LogP contribution is -2.41. The summed E-state index contributed by atoms with van der Waals surface area (Å²) >= 11 is 0. The lowest BCUT2D eigenvalue weighted by molar-refractivity contribution is 0.111. The highest BCUT2D eigenvalue weighted by molar-refractivity contribution is 6.74. The van der Waals surface area contributed by atoms with Crippen molar-refractivity contribution in [3.8, 4) is 5.75 Å². The van der Waals surface area contributed by atoms with Crippen LogP contribution >= 0.6 is 0 Å². The van der Waals surface area contributed by atoms with Crippen LogP contribution in [0.15, 0.2) is 12.3 Å². The average molecular weight is 299 g/mol. The minimum absolute atomic E-state index is 0.145. The number of nitrogens with zero attached hydrogens (tertiary/aromatic N) is 1. The van der Waals surface area contributed by atoms with Crippen molar-refractivity contribution in [1.82, 2.24) is 4.98 Å². The number of hydrogen-bond acceptors (Lipinski definition) is 4. The molecule has 0 spiro atoms. The minimum Gasteiger partial charge on any atom is -0.490 e. The van der Waals surface area contributed by atoms with Gasteiger partial charge in [0.1, 0.15) is 18.1 Å². The van der Waals surface area contributed by atoms with Gasteiger partial charge in [-0.25, -0.2) is 9.37 Å². The van der Waals surface area contributed by atoms with E-state index in [4.69, 9.17) is 9.16 Å². The first-order valence-electron chi connectivity index (χ1n) is 6.55. The monoisotopic (exact) mass is 299 g/mol. The van der Waals surface area contributed by atoms with E-state index >= 15 is 0 Å². The Labute approximate surface area is 120 Å². The summed E-state index contributed by atoms with van der Waals surface area (Å²) in [6.45, 7) is 11.6. The summed E-state index contributed by atoms with van der Waals surface area (Å²) in [5.74, 6) is -0.380. The molecule has 0 fully saturated rings. The SMILES string of the molecule is CC(C)(C)[Si](C)(C)OCCOc1cnc(C=O)c(F)c1. The number of pyridine rings is 1. The second-order valence-corrected chi connectivity index (χ2v) is 10.9. The third-order valence-electron chi connectivity index (χ3n) is 3.58. The summed E-state index contributed by atoms with van der Waals surface area (Å²) in [5.41, 5.74) is -0.213. The van der Waals surface area contributed by atoms with Crippen LogP contribution in [-0.4, -0.2) is 32.8 Å². The van der Waals surface area contributed by atoms with Crippen molar-refractivity contribution in [2.75, 3.05) is 13.2 Å². The van der Waals surface area contributed by atoms with E-state index in [0.29, 0.717) is 25.2 Å². The average Bonchev–Trinajstić information content (AvgIpc) is 2.33. The molecule has 1 rings (SSSR count). The number of aromatic nitrogens is 1. The first-order chi connectivity index (χ1) is 9.17. The maximum atomic E-state index is 13.3. The van der Waals surface area contributed by atoms with Gasteiger partial charge in [-0.15, -0.1) is 0 Å². The summed E-state index contributed by atoms with van der Waals surface area (Å²) in [6.07, 6.45) is 1.71. The predicted octanol–water partition coefficient (Wildman–Crippen LogP) is 3.43. The molecule has 1 heterocycles. The van der Waals surface area contributed by atoms with E-state index in [1.807, 2.05) is 0 Å². The van der Waals surface area contributed by atoms with Gasteiger partial charge in [0.15, 0.2) is 20.4 Å². The molecule has 6 heteroatoms. The number of ether oxygens (including phenoxy) is 1. The van der Waals surface area contributed by atoms with E-state index in [0.717, 1.165) is 6.07 Å². The van der Waals surface area contributed by atoms with Gasteiger partial charge in [0, 0.05) is 6.07 Å². The first-order valence-corrected chi connectivity index (χ1v) is 9.46. The number of hydrogen-bond donors (Lipinski definition) is 0. The Morgan fingerprint density at radius 1 is 1.35 bits per heavy atom. The van der Waals surface area contributed by atoms with Crippen molar-refractivity contribution >= 4 is 14.6 Å². The quantitative estimate of drug-likeness (QED) is 0.459. The van der Waals surface area contributed by atoms with E-state index in [1.165, 1.54) is 6.20 Å². The highest BCUT2D eigenvalue weighted by Gasteiger charge is 2.36. The molecule has 0 bridgehead atoms. The molecule has 0 atom stereocenters. The summed E-state index contributed by atoms with van der Waals surface area (Å²) in [6, 6.07) is 1.16. The van der Waals surface area contributed by atoms with E-state index in [9.17, 15) is 9.18 Å². The van der Waals surface area contributed by atoms with Gasteiger partial charge in [-0.3, -0.25) is 4.79 Å². The van der Waals surface area contributed by atoms with Crippen LogP contribution < -0.4 is 4.74 Å². The Morgan fingerprint density at radius 3 is 2.50 bits per heavy atom. The highest BCUT2D eigenvalue weighted by atomic mass is 28.4. The Bertz CT molecular complexity index is 472. The van der Waals surface area contributed by atoms with Crippen molar-refractivity contribution in [2.24, 2.45) is 0 Å². The summed E-state index contributed by atoms with van der Waals surface area (Å²) in [5, 5.41) is 0.145. The van der Waals surface area contributed by atoms with Crippen molar-refractivity contribution in [3.05, 3.63) is 23.8 Å². The van der Waals surface area contributed by atoms with Crippen molar-refractivity contribution in [2.45, 2.75) is 38.9 Å². The van der Waals surface area contributed by atoms with Crippen LogP contribution in [0.25, 0.3) is 0 Å². The summed E-state index contributed by atoms with van der Waals surface area (Å²) in [4.78, 5) is 14.1. The maximum Gasteiger partial charge on any atom is 0.192 e. The molecule has 0 saturated carbocycles. The summed E-state index contributed by atoms with van der Waals surface area (Å²) < 4.78 is 24.6. The zero-order chi connectivity index (χ0) is 15.4. The Hall–Kier alpha value is -1.27. The molecule has 1 aromatic heterocycles. The highest BCUT2D eigenvalue weighted by Crippen LogP contribution is 2.36. The standard InChI is InChI=1S/C14H22FNO3Si/c1-14(2,3)20(4,5)19-7-6-18-11-8-12(15)13(10-17)16-9-11/h8-10H,6-7H2,1-5H3. The second-order valence-electron chi connectivity index (χ2n) is 6.11. The van der Waals surface area contributed by atoms with Crippen LogP contribution in [0.5, 0.6) is 5.75 Å². The predicted molar refractivity (Wildman–Crippen MR) is 78.2 cm³/mol. The smallest absolute Gasteiger partial charge is 0.192 e. The molecular formula is C14H22FNO3Si. The van der Waals surface area contributed by atoms with Crippen LogP contribution in [0.4, 0.5) is 4.39 Å². The van der Waals surface area contributed by atoms with Crippen molar-refractivity contribution < 1.29 is 18.3 Å².